The molecule has 1 amide bonds. The molecule has 4 rings (SSSR count). The Morgan fingerprint density at radius 3 is 2.40 bits per heavy atom. The van der Waals surface area contributed by atoms with Crippen LogP contribution in [0.2, 0.25) is 0 Å². The van der Waals surface area contributed by atoms with E-state index < -0.39 is 10.8 Å². The van der Waals surface area contributed by atoms with Crippen LogP contribution in [0.1, 0.15) is 48.0 Å². The van der Waals surface area contributed by atoms with Crippen LogP contribution >= 0.6 is 0 Å². The first kappa shape index (κ1) is 16.5. The zero-order chi connectivity index (χ0) is 17.2. The molecule has 1 aliphatic carbocycles. The Hall–Kier alpha value is -1.94. The third-order valence-corrected chi connectivity index (χ3v) is 7.12. The van der Waals surface area contributed by atoms with E-state index in [4.69, 9.17) is 0 Å². The summed E-state index contributed by atoms with van der Waals surface area (Å²) in [6, 6.07) is 14.1. The van der Waals surface area contributed by atoms with Crippen LogP contribution in [0, 0.1) is 0 Å². The van der Waals surface area contributed by atoms with Crippen molar-refractivity contribution in [2.45, 2.75) is 48.7 Å². The first-order valence-corrected chi connectivity index (χ1v) is 10.4. The normalized spacial score (nSPS) is 19.1. The molecule has 0 aromatic heterocycles. The molecule has 0 spiro atoms. The van der Waals surface area contributed by atoms with Crippen molar-refractivity contribution in [3.8, 4) is 11.1 Å². The van der Waals surface area contributed by atoms with Crippen molar-refractivity contribution in [3.05, 3.63) is 53.6 Å². The SMILES string of the molecule is O=C1NCCc2ccc(-c3ccc(S(=O)C4CCCCC4)cc3)cc21. The lowest BCUT2D eigenvalue weighted by molar-refractivity contribution is 0.0946. The highest BCUT2D eigenvalue weighted by Crippen LogP contribution is 2.28. The molecule has 3 nitrogen and oxygen atoms in total. The van der Waals surface area contributed by atoms with Crippen molar-refractivity contribution in [3.63, 3.8) is 0 Å². The number of hydrogen-bond donors (Lipinski definition) is 1. The monoisotopic (exact) mass is 353 g/mol. The molecular formula is C21H23NO2S. The van der Waals surface area contributed by atoms with Crippen molar-refractivity contribution in [1.82, 2.24) is 5.32 Å². The van der Waals surface area contributed by atoms with Crippen LogP contribution in [-0.4, -0.2) is 21.9 Å². The van der Waals surface area contributed by atoms with E-state index in [0.717, 1.165) is 46.4 Å². The van der Waals surface area contributed by atoms with Gasteiger partial charge in [0, 0.05) is 22.3 Å². The average molecular weight is 353 g/mol. The summed E-state index contributed by atoms with van der Waals surface area (Å²) in [7, 11) is -0.906. The number of fused-ring (bicyclic) bond motifs is 1. The van der Waals surface area contributed by atoms with E-state index >= 15 is 0 Å². The number of hydrogen-bond acceptors (Lipinski definition) is 2. The third-order valence-electron chi connectivity index (χ3n) is 5.31. The fraction of sp³-hybridized carbons (Fsp3) is 0.381. The Kier molecular flexibility index (Phi) is 4.71. The minimum absolute atomic E-state index is 0.0122. The van der Waals surface area contributed by atoms with Crippen LogP contribution in [0.15, 0.2) is 47.4 Å². The zero-order valence-electron chi connectivity index (χ0n) is 14.3. The molecule has 2 aliphatic rings. The fourth-order valence-electron chi connectivity index (χ4n) is 3.84. The Morgan fingerprint density at radius 1 is 0.920 bits per heavy atom. The minimum atomic E-state index is -0.906. The van der Waals surface area contributed by atoms with E-state index in [2.05, 4.69) is 17.4 Å². The van der Waals surface area contributed by atoms with Crippen LogP contribution in [0.4, 0.5) is 0 Å². The lowest BCUT2D eigenvalue weighted by atomic mass is 9.95. The molecule has 4 heteroatoms. The highest BCUT2D eigenvalue weighted by Gasteiger charge is 2.21. The predicted molar refractivity (Wildman–Crippen MR) is 101 cm³/mol. The molecule has 0 saturated heterocycles. The van der Waals surface area contributed by atoms with Crippen LogP contribution < -0.4 is 5.32 Å². The second-order valence-electron chi connectivity index (χ2n) is 6.96. The van der Waals surface area contributed by atoms with Crippen molar-refractivity contribution in [1.29, 1.82) is 0 Å². The molecular weight excluding hydrogens is 330 g/mol. The van der Waals surface area contributed by atoms with Gasteiger partial charge in [0.1, 0.15) is 0 Å². The molecule has 130 valence electrons. The lowest BCUT2D eigenvalue weighted by Crippen LogP contribution is -2.31. The quantitative estimate of drug-likeness (QED) is 0.904. The number of rotatable bonds is 3. The van der Waals surface area contributed by atoms with Crippen molar-refractivity contribution < 1.29 is 9.00 Å². The third kappa shape index (κ3) is 3.40. The van der Waals surface area contributed by atoms with E-state index in [1.165, 1.54) is 19.3 Å². The van der Waals surface area contributed by atoms with Gasteiger partial charge in [0.05, 0.1) is 10.8 Å². The fourth-order valence-corrected chi connectivity index (χ4v) is 5.40. The van der Waals surface area contributed by atoms with Gasteiger partial charge in [0.25, 0.3) is 5.91 Å². The number of amides is 1. The van der Waals surface area contributed by atoms with Crippen LogP contribution in [-0.2, 0) is 17.2 Å². The molecule has 1 fully saturated rings. The van der Waals surface area contributed by atoms with E-state index in [1.54, 1.807) is 0 Å². The average Bonchev–Trinajstić information content (AvgIpc) is 2.68. The summed E-state index contributed by atoms with van der Waals surface area (Å²) >= 11 is 0. The lowest BCUT2D eigenvalue weighted by Gasteiger charge is -2.21. The van der Waals surface area contributed by atoms with Gasteiger partial charge >= 0.3 is 0 Å². The zero-order valence-corrected chi connectivity index (χ0v) is 15.1. The van der Waals surface area contributed by atoms with Gasteiger partial charge in [-0.25, -0.2) is 0 Å². The molecule has 2 aromatic carbocycles. The largest absolute Gasteiger partial charge is 0.352 e. The molecule has 1 heterocycles. The van der Waals surface area contributed by atoms with Crippen molar-refractivity contribution in [2.75, 3.05) is 6.54 Å². The number of benzene rings is 2. The number of carbonyl (C=O) groups is 1. The maximum absolute atomic E-state index is 12.7. The summed E-state index contributed by atoms with van der Waals surface area (Å²) in [5.41, 5.74) is 3.98. The summed E-state index contributed by atoms with van der Waals surface area (Å²) in [6.45, 7) is 0.715. The smallest absolute Gasteiger partial charge is 0.251 e. The summed E-state index contributed by atoms with van der Waals surface area (Å²) in [4.78, 5) is 13.0. The van der Waals surface area contributed by atoms with Gasteiger partial charge in [-0.1, -0.05) is 43.5 Å². The molecule has 25 heavy (non-hydrogen) atoms. The summed E-state index contributed by atoms with van der Waals surface area (Å²) in [6.07, 6.45) is 6.72. The molecule has 1 atom stereocenters. The van der Waals surface area contributed by atoms with Gasteiger partial charge in [0.15, 0.2) is 0 Å². The maximum atomic E-state index is 12.7. The Morgan fingerprint density at radius 2 is 1.64 bits per heavy atom. The van der Waals surface area contributed by atoms with E-state index in [-0.39, 0.29) is 5.91 Å². The molecule has 1 saturated carbocycles. The van der Waals surface area contributed by atoms with Crippen molar-refractivity contribution in [2.24, 2.45) is 0 Å². The minimum Gasteiger partial charge on any atom is -0.352 e. The first-order chi connectivity index (χ1) is 12.2. The van der Waals surface area contributed by atoms with E-state index in [0.29, 0.717) is 11.8 Å². The highest BCUT2D eigenvalue weighted by molar-refractivity contribution is 7.85. The Balaban J connectivity index is 1.57. The van der Waals surface area contributed by atoms with E-state index in [1.807, 2.05) is 30.3 Å². The Labute approximate surface area is 151 Å². The summed E-state index contributed by atoms with van der Waals surface area (Å²) in [5.74, 6) is 0.0122. The standard InChI is InChI=1S/C21H23NO2S/c23-21-20-14-17(7-6-16(20)12-13-22-21)15-8-10-19(11-9-15)25(24)18-4-2-1-3-5-18/h6-11,14,18H,1-5,12-13H2,(H,22,23). The second kappa shape index (κ2) is 7.12. The van der Waals surface area contributed by atoms with Gasteiger partial charge in [-0.2, -0.15) is 0 Å². The van der Waals surface area contributed by atoms with Crippen LogP contribution in [0.25, 0.3) is 11.1 Å². The Bertz CT molecular complexity index is 807. The van der Waals surface area contributed by atoms with Gasteiger partial charge in [-0.15, -0.1) is 0 Å². The summed E-state index contributed by atoms with van der Waals surface area (Å²) < 4.78 is 12.7. The van der Waals surface area contributed by atoms with Crippen LogP contribution in [0.5, 0.6) is 0 Å². The molecule has 0 bridgehead atoms. The highest BCUT2D eigenvalue weighted by atomic mass is 32.2. The topological polar surface area (TPSA) is 46.2 Å². The van der Waals surface area contributed by atoms with E-state index in [9.17, 15) is 9.00 Å². The molecule has 1 aliphatic heterocycles. The number of nitrogens with one attached hydrogen (secondary N) is 1. The van der Waals surface area contributed by atoms with Gasteiger partial charge in [-0.3, -0.25) is 9.00 Å². The summed E-state index contributed by atoms with van der Waals surface area (Å²) in [5, 5.41) is 3.21. The molecule has 1 N–H and O–H groups in total. The predicted octanol–water partition coefficient (Wildman–Crippen LogP) is 4.08. The molecule has 1 unspecified atom stereocenters. The van der Waals surface area contributed by atoms with Crippen LogP contribution in [0.3, 0.4) is 0 Å². The second-order valence-corrected chi connectivity index (χ2v) is 8.69. The van der Waals surface area contributed by atoms with Gasteiger partial charge in [0.2, 0.25) is 0 Å². The van der Waals surface area contributed by atoms with Gasteiger partial charge in [-0.05, 0) is 54.2 Å². The molecule has 0 radical (unpaired) electrons. The number of carbonyl (C=O) groups excluding carboxylic acids is 1. The molecule has 2 aromatic rings. The van der Waals surface area contributed by atoms with Gasteiger partial charge < -0.3 is 5.32 Å². The van der Waals surface area contributed by atoms with Crippen molar-refractivity contribution >= 4 is 16.7 Å². The maximum Gasteiger partial charge on any atom is 0.251 e. The first-order valence-electron chi connectivity index (χ1n) is 9.14.